The van der Waals surface area contributed by atoms with Crippen LogP contribution in [-0.4, -0.2) is 38.6 Å². The number of nitrogens with one attached hydrogen (secondary N) is 1. The summed E-state index contributed by atoms with van der Waals surface area (Å²) < 4.78 is 45.1. The molecule has 0 saturated carbocycles. The van der Waals surface area contributed by atoms with Gasteiger partial charge in [0.05, 0.1) is 30.0 Å². The lowest BCUT2D eigenvalue weighted by molar-refractivity contribution is -0.137. The third-order valence-corrected chi connectivity index (χ3v) is 6.16. The van der Waals surface area contributed by atoms with Crippen molar-refractivity contribution < 1.29 is 27.5 Å². The van der Waals surface area contributed by atoms with E-state index in [9.17, 15) is 22.8 Å². The molecule has 0 bridgehead atoms. The van der Waals surface area contributed by atoms with Gasteiger partial charge in [-0.25, -0.2) is 0 Å². The molecule has 2 heterocycles. The molecule has 1 unspecified atom stereocenters. The fourth-order valence-corrected chi connectivity index (χ4v) is 4.35. The minimum atomic E-state index is -4.52. The largest absolute Gasteiger partial charge is 0.497 e. The van der Waals surface area contributed by atoms with Crippen LogP contribution < -0.4 is 19.9 Å². The quantitative estimate of drug-likeness (QED) is 0.702. The summed E-state index contributed by atoms with van der Waals surface area (Å²) in [6.45, 7) is 1.61. The van der Waals surface area contributed by atoms with Crippen LogP contribution >= 0.6 is 0 Å². The van der Waals surface area contributed by atoms with Gasteiger partial charge >= 0.3 is 6.18 Å². The van der Waals surface area contributed by atoms with Crippen LogP contribution in [0.2, 0.25) is 0 Å². The Labute approximate surface area is 190 Å². The fraction of sp³-hybridized carbons (Fsp3) is 0.417. The molecule has 1 atom stereocenters. The zero-order valence-corrected chi connectivity index (χ0v) is 18.3. The van der Waals surface area contributed by atoms with Crippen LogP contribution in [0.15, 0.2) is 42.5 Å². The number of piperidine rings is 1. The Morgan fingerprint density at radius 1 is 1.06 bits per heavy atom. The van der Waals surface area contributed by atoms with E-state index in [2.05, 4.69) is 5.32 Å². The maximum Gasteiger partial charge on any atom is 0.416 e. The van der Waals surface area contributed by atoms with Gasteiger partial charge in [-0.2, -0.15) is 13.2 Å². The molecule has 4 rings (SSSR count). The van der Waals surface area contributed by atoms with Gasteiger partial charge in [0.25, 0.3) is 0 Å². The van der Waals surface area contributed by atoms with Gasteiger partial charge in [-0.05, 0) is 61.7 Å². The summed E-state index contributed by atoms with van der Waals surface area (Å²) in [5.74, 6) is -0.685. The molecule has 0 aliphatic carbocycles. The van der Waals surface area contributed by atoms with Gasteiger partial charge in [0, 0.05) is 31.7 Å². The number of hydrogen-bond acceptors (Lipinski definition) is 4. The predicted molar refractivity (Wildman–Crippen MR) is 120 cm³/mol. The highest BCUT2D eigenvalue weighted by atomic mass is 19.4. The van der Waals surface area contributed by atoms with E-state index in [0.717, 1.165) is 44.5 Å². The van der Waals surface area contributed by atoms with Crippen LogP contribution in [0, 0.1) is 5.92 Å². The second-order valence-corrected chi connectivity index (χ2v) is 8.37. The molecule has 2 aromatic rings. The number of rotatable bonds is 5. The molecule has 0 aromatic heterocycles. The molecule has 0 spiro atoms. The average Bonchev–Trinajstić information content (AvgIpc) is 3.21. The highest BCUT2D eigenvalue weighted by Crippen LogP contribution is 2.37. The second kappa shape index (κ2) is 9.33. The zero-order valence-electron chi connectivity index (χ0n) is 18.3. The van der Waals surface area contributed by atoms with Crippen LogP contribution in [0.1, 0.15) is 31.2 Å². The van der Waals surface area contributed by atoms with Crippen molar-refractivity contribution in [3.05, 3.63) is 48.0 Å². The van der Waals surface area contributed by atoms with Crippen molar-refractivity contribution in [1.82, 2.24) is 0 Å². The van der Waals surface area contributed by atoms with Gasteiger partial charge in [0.2, 0.25) is 11.8 Å². The van der Waals surface area contributed by atoms with Gasteiger partial charge in [-0.1, -0.05) is 0 Å². The van der Waals surface area contributed by atoms with Crippen LogP contribution in [0.5, 0.6) is 5.75 Å². The number of nitrogens with zero attached hydrogens (tertiary/aromatic N) is 2. The van der Waals surface area contributed by atoms with Crippen molar-refractivity contribution in [2.45, 2.75) is 31.9 Å². The number of anilines is 3. The summed E-state index contributed by atoms with van der Waals surface area (Å²) in [6, 6.07) is 10.4. The predicted octanol–water partition coefficient (Wildman–Crippen LogP) is 4.70. The van der Waals surface area contributed by atoms with E-state index in [1.54, 1.807) is 31.4 Å². The highest BCUT2D eigenvalue weighted by Gasteiger charge is 2.36. The number of methoxy groups -OCH3 is 1. The van der Waals surface area contributed by atoms with Crippen molar-refractivity contribution in [3.8, 4) is 5.75 Å². The lowest BCUT2D eigenvalue weighted by Gasteiger charge is -2.31. The molecule has 2 aliphatic heterocycles. The minimum absolute atomic E-state index is 0.00410. The molecule has 2 aromatic carbocycles. The fourth-order valence-electron chi connectivity index (χ4n) is 4.35. The normalized spacial score (nSPS) is 19.0. The SMILES string of the molecule is COc1ccc(N2CC(C(=O)Nc3cc(C(F)(F)F)ccc3N3CCCCC3)CC2=O)cc1. The first-order valence-corrected chi connectivity index (χ1v) is 11.0. The van der Waals surface area contributed by atoms with Crippen molar-refractivity contribution >= 4 is 28.9 Å². The lowest BCUT2D eigenvalue weighted by Crippen LogP contribution is -2.32. The van der Waals surface area contributed by atoms with E-state index in [4.69, 9.17) is 4.74 Å². The smallest absolute Gasteiger partial charge is 0.416 e. The van der Waals surface area contributed by atoms with Crippen molar-refractivity contribution in [2.24, 2.45) is 5.92 Å². The Kier molecular flexibility index (Phi) is 6.49. The van der Waals surface area contributed by atoms with E-state index in [0.29, 0.717) is 17.1 Å². The standard InChI is InChI=1S/C24H26F3N3O3/c1-33-19-8-6-18(7-9-19)30-15-16(13-22(30)31)23(32)28-20-14-17(24(25,26)27)5-10-21(20)29-11-3-2-4-12-29/h5-10,14,16H,2-4,11-13,15H2,1H3,(H,28,32). The summed E-state index contributed by atoms with van der Waals surface area (Å²) in [6.07, 6.45) is -1.56. The second-order valence-electron chi connectivity index (χ2n) is 8.37. The monoisotopic (exact) mass is 461 g/mol. The number of ether oxygens (including phenoxy) is 1. The van der Waals surface area contributed by atoms with Crippen LogP contribution in [0.25, 0.3) is 0 Å². The van der Waals surface area contributed by atoms with Gasteiger partial charge in [0.1, 0.15) is 5.75 Å². The molecule has 2 amide bonds. The first-order chi connectivity index (χ1) is 15.8. The van der Waals surface area contributed by atoms with Crippen molar-refractivity contribution in [3.63, 3.8) is 0 Å². The molecule has 176 valence electrons. The van der Waals surface area contributed by atoms with Gasteiger partial charge in [-0.3, -0.25) is 9.59 Å². The maximum atomic E-state index is 13.3. The molecule has 0 radical (unpaired) electrons. The van der Waals surface area contributed by atoms with Gasteiger partial charge in [0.15, 0.2) is 0 Å². The number of amides is 2. The van der Waals surface area contributed by atoms with E-state index in [1.165, 1.54) is 11.0 Å². The Morgan fingerprint density at radius 2 is 1.76 bits per heavy atom. The van der Waals surface area contributed by atoms with E-state index in [-0.39, 0.29) is 24.6 Å². The summed E-state index contributed by atoms with van der Waals surface area (Å²) in [7, 11) is 1.54. The molecule has 33 heavy (non-hydrogen) atoms. The van der Waals surface area contributed by atoms with E-state index in [1.807, 2.05) is 4.90 Å². The molecule has 1 N–H and O–H groups in total. The third kappa shape index (κ3) is 5.07. The first-order valence-electron chi connectivity index (χ1n) is 11.0. The number of halogens is 3. The Hall–Kier alpha value is -3.23. The topological polar surface area (TPSA) is 61.9 Å². The molecule has 2 saturated heterocycles. The lowest BCUT2D eigenvalue weighted by atomic mass is 10.1. The number of carbonyl (C=O) groups excluding carboxylic acids is 2. The van der Waals surface area contributed by atoms with Crippen LogP contribution in [-0.2, 0) is 15.8 Å². The first kappa shape index (κ1) is 22.9. The summed E-state index contributed by atoms with van der Waals surface area (Å²) in [5, 5.41) is 2.69. The number of benzene rings is 2. The number of alkyl halides is 3. The summed E-state index contributed by atoms with van der Waals surface area (Å²) in [5.41, 5.74) is 0.532. The van der Waals surface area contributed by atoms with Crippen LogP contribution in [0.4, 0.5) is 30.2 Å². The van der Waals surface area contributed by atoms with Crippen molar-refractivity contribution in [1.29, 1.82) is 0 Å². The molecule has 6 nitrogen and oxygen atoms in total. The summed E-state index contributed by atoms with van der Waals surface area (Å²) in [4.78, 5) is 29.1. The molecule has 2 fully saturated rings. The number of hydrogen-bond donors (Lipinski definition) is 1. The zero-order chi connectivity index (χ0) is 23.6. The Bertz CT molecular complexity index is 1020. The van der Waals surface area contributed by atoms with Gasteiger partial charge in [-0.15, -0.1) is 0 Å². The third-order valence-electron chi connectivity index (χ3n) is 6.16. The average molecular weight is 461 g/mol. The van der Waals surface area contributed by atoms with Crippen molar-refractivity contribution in [2.75, 3.05) is 41.9 Å². The maximum absolute atomic E-state index is 13.3. The molecule has 9 heteroatoms. The Morgan fingerprint density at radius 3 is 2.39 bits per heavy atom. The van der Waals surface area contributed by atoms with E-state index >= 15 is 0 Å². The van der Waals surface area contributed by atoms with E-state index < -0.39 is 23.6 Å². The van der Waals surface area contributed by atoms with Gasteiger partial charge < -0.3 is 19.9 Å². The summed E-state index contributed by atoms with van der Waals surface area (Å²) >= 11 is 0. The van der Waals surface area contributed by atoms with Crippen LogP contribution in [0.3, 0.4) is 0 Å². The number of carbonyl (C=O) groups is 2. The Balaban J connectivity index is 1.53. The molecular weight excluding hydrogens is 435 g/mol. The minimum Gasteiger partial charge on any atom is -0.497 e. The molecular formula is C24H26F3N3O3. The highest BCUT2D eigenvalue weighted by molar-refractivity contribution is 6.04. The molecule has 2 aliphatic rings.